The molecule has 5 atom stereocenters. The number of carbonyl (C=O) groups excluding carboxylic acids is 1. The van der Waals surface area contributed by atoms with Crippen molar-refractivity contribution < 1.29 is 4.79 Å². The molecule has 1 amide bonds. The summed E-state index contributed by atoms with van der Waals surface area (Å²) in [5, 5.41) is 0.873. The minimum absolute atomic E-state index is 0.395. The first-order valence-corrected chi connectivity index (χ1v) is 12.2. The second kappa shape index (κ2) is 7.89. The Hall–Kier alpha value is -1.06. The molecule has 0 saturated carbocycles. The quantitative estimate of drug-likeness (QED) is 0.685. The molecule has 4 heteroatoms. The maximum atomic E-state index is 12.9. The fraction of sp³-hybridized carbons (Fsp3) is 0.720. The summed E-state index contributed by atoms with van der Waals surface area (Å²) >= 11 is 6.42. The van der Waals surface area contributed by atoms with Crippen molar-refractivity contribution in [3.8, 4) is 0 Å². The van der Waals surface area contributed by atoms with Gasteiger partial charge in [0.2, 0.25) is 5.91 Å². The lowest BCUT2D eigenvalue weighted by Crippen LogP contribution is -2.49. The first kappa shape index (κ1) is 19.9. The van der Waals surface area contributed by atoms with Crippen LogP contribution in [0.2, 0.25) is 5.02 Å². The number of amides is 1. The minimum Gasteiger partial charge on any atom is -0.343 e. The molecule has 1 aliphatic carbocycles. The highest BCUT2D eigenvalue weighted by Gasteiger charge is 2.50. The maximum absolute atomic E-state index is 12.9. The van der Waals surface area contributed by atoms with Crippen LogP contribution in [0, 0.1) is 17.8 Å². The van der Waals surface area contributed by atoms with Crippen molar-refractivity contribution in [2.24, 2.45) is 17.8 Å². The van der Waals surface area contributed by atoms with Gasteiger partial charge in [-0.25, -0.2) is 0 Å². The highest BCUT2D eigenvalue weighted by atomic mass is 35.5. The number of carbonyl (C=O) groups is 1. The third-order valence-corrected chi connectivity index (χ3v) is 8.97. The fourth-order valence-corrected chi connectivity index (χ4v) is 7.15. The van der Waals surface area contributed by atoms with Gasteiger partial charge in [0, 0.05) is 42.5 Å². The van der Waals surface area contributed by atoms with E-state index in [1.165, 1.54) is 43.2 Å². The number of likely N-dealkylation sites (tertiary alicyclic amines) is 1. The molecule has 3 heterocycles. The third kappa shape index (κ3) is 3.63. The molecule has 0 spiro atoms. The number of halogens is 1. The molecule has 2 bridgehead atoms. The van der Waals surface area contributed by atoms with Crippen LogP contribution >= 0.6 is 11.6 Å². The lowest BCUT2D eigenvalue weighted by molar-refractivity contribution is -0.133. The summed E-state index contributed by atoms with van der Waals surface area (Å²) < 4.78 is 0. The highest BCUT2D eigenvalue weighted by molar-refractivity contribution is 6.30. The first-order valence-electron chi connectivity index (χ1n) is 11.8. The highest BCUT2D eigenvalue weighted by Crippen LogP contribution is 2.54. The smallest absolute Gasteiger partial charge is 0.222 e. The molecule has 0 aromatic heterocycles. The van der Waals surface area contributed by atoms with Gasteiger partial charge in [0.15, 0.2) is 0 Å². The van der Waals surface area contributed by atoms with Crippen LogP contribution in [-0.4, -0.2) is 47.9 Å². The van der Waals surface area contributed by atoms with Crippen molar-refractivity contribution >= 4 is 17.5 Å². The zero-order valence-electron chi connectivity index (χ0n) is 17.9. The van der Waals surface area contributed by atoms with Gasteiger partial charge in [-0.2, -0.15) is 0 Å². The lowest BCUT2D eigenvalue weighted by atomic mass is 9.62. The topological polar surface area (TPSA) is 23.6 Å². The van der Waals surface area contributed by atoms with Crippen LogP contribution in [0.5, 0.6) is 0 Å². The molecule has 1 aromatic carbocycles. The van der Waals surface area contributed by atoms with Gasteiger partial charge < -0.3 is 4.90 Å². The van der Waals surface area contributed by atoms with Crippen LogP contribution in [0.4, 0.5) is 0 Å². The molecule has 0 radical (unpaired) electrons. The van der Waals surface area contributed by atoms with Gasteiger partial charge in [0.1, 0.15) is 0 Å². The van der Waals surface area contributed by atoms with Gasteiger partial charge in [-0.1, -0.05) is 24.6 Å². The summed E-state index contributed by atoms with van der Waals surface area (Å²) in [4.78, 5) is 17.7. The SMILES string of the molecule is CC1CCN(C(=O)CCC2Cc3ccc(Cl)cc3C3C2CC2CCC3N2C)CC1. The number of rotatable bonds is 3. The van der Waals surface area contributed by atoms with Crippen LogP contribution in [0.3, 0.4) is 0 Å². The second-order valence-corrected chi connectivity index (χ2v) is 10.7. The van der Waals surface area contributed by atoms with Gasteiger partial charge in [-0.3, -0.25) is 9.69 Å². The van der Waals surface area contributed by atoms with Crippen LogP contribution in [0.1, 0.15) is 68.9 Å². The molecule has 3 aliphatic heterocycles. The van der Waals surface area contributed by atoms with Gasteiger partial charge in [-0.15, -0.1) is 0 Å². The molecule has 5 unspecified atom stereocenters. The zero-order valence-corrected chi connectivity index (χ0v) is 18.7. The Labute approximate surface area is 180 Å². The molecule has 3 fully saturated rings. The average molecular weight is 415 g/mol. The molecule has 29 heavy (non-hydrogen) atoms. The second-order valence-electron chi connectivity index (χ2n) is 10.3. The van der Waals surface area contributed by atoms with Crippen LogP contribution in [0.15, 0.2) is 18.2 Å². The number of likely N-dealkylation sites (N-methyl/N-ethyl adjacent to an activating group) is 1. The molecule has 3 nitrogen and oxygen atoms in total. The molecular weight excluding hydrogens is 380 g/mol. The van der Waals surface area contributed by atoms with Gasteiger partial charge >= 0.3 is 0 Å². The van der Waals surface area contributed by atoms with Gasteiger partial charge in [0.05, 0.1) is 0 Å². The van der Waals surface area contributed by atoms with E-state index >= 15 is 0 Å². The Kier molecular flexibility index (Phi) is 5.41. The summed E-state index contributed by atoms with van der Waals surface area (Å²) in [5.41, 5.74) is 2.99. The van der Waals surface area contributed by atoms with E-state index < -0.39 is 0 Å². The summed E-state index contributed by atoms with van der Waals surface area (Å²) in [7, 11) is 2.33. The Bertz CT molecular complexity index is 772. The normalized spacial score (nSPS) is 34.7. The van der Waals surface area contributed by atoms with E-state index in [9.17, 15) is 4.79 Å². The largest absolute Gasteiger partial charge is 0.343 e. The molecule has 5 rings (SSSR count). The third-order valence-electron chi connectivity index (χ3n) is 8.73. The molecule has 158 valence electrons. The summed E-state index contributed by atoms with van der Waals surface area (Å²) in [6, 6.07) is 7.95. The van der Waals surface area contributed by atoms with E-state index in [0.717, 1.165) is 49.3 Å². The van der Waals surface area contributed by atoms with Crippen LogP contribution < -0.4 is 0 Å². The van der Waals surface area contributed by atoms with Gasteiger partial charge in [-0.05, 0) is 93.0 Å². The first-order chi connectivity index (χ1) is 14.0. The zero-order chi connectivity index (χ0) is 20.1. The molecule has 4 aliphatic rings. The summed E-state index contributed by atoms with van der Waals surface area (Å²) in [5.74, 6) is 3.11. The van der Waals surface area contributed by atoms with Crippen LogP contribution in [-0.2, 0) is 11.2 Å². The monoisotopic (exact) mass is 414 g/mol. The predicted molar refractivity (Wildman–Crippen MR) is 118 cm³/mol. The Morgan fingerprint density at radius 2 is 1.97 bits per heavy atom. The number of hydrogen-bond donors (Lipinski definition) is 0. The lowest BCUT2D eigenvalue weighted by Gasteiger charge is -2.50. The molecular formula is C25H35ClN2O. The van der Waals surface area contributed by atoms with E-state index in [0.29, 0.717) is 29.7 Å². The van der Waals surface area contributed by atoms with E-state index in [1.54, 1.807) is 0 Å². The van der Waals surface area contributed by atoms with Crippen molar-refractivity contribution in [1.29, 1.82) is 0 Å². The number of piperidine rings is 2. The molecule has 1 aromatic rings. The molecule has 3 saturated heterocycles. The maximum Gasteiger partial charge on any atom is 0.222 e. The van der Waals surface area contributed by atoms with Gasteiger partial charge in [0.25, 0.3) is 0 Å². The van der Waals surface area contributed by atoms with Crippen molar-refractivity contribution in [3.63, 3.8) is 0 Å². The predicted octanol–water partition coefficient (Wildman–Crippen LogP) is 5.12. The van der Waals surface area contributed by atoms with Crippen molar-refractivity contribution in [3.05, 3.63) is 34.3 Å². The fourth-order valence-electron chi connectivity index (χ4n) is 6.96. The van der Waals surface area contributed by atoms with E-state index in [4.69, 9.17) is 11.6 Å². The van der Waals surface area contributed by atoms with Crippen LogP contribution in [0.25, 0.3) is 0 Å². The number of benzene rings is 1. The average Bonchev–Trinajstić information content (AvgIpc) is 2.95. The number of nitrogens with zero attached hydrogens (tertiary/aromatic N) is 2. The standard InChI is InChI=1S/C25H35ClN2O/c1-16-9-11-28(12-10-16)24(29)8-4-18-13-17-3-5-19(26)14-21(17)25-22(18)15-20-6-7-23(25)27(20)2/h3,5,14,16,18,20,22-23,25H,4,6-13,15H2,1-2H3. The molecule has 0 N–H and O–H groups in total. The summed E-state index contributed by atoms with van der Waals surface area (Å²) in [6.45, 7) is 4.24. The Morgan fingerprint density at radius 1 is 1.17 bits per heavy atom. The van der Waals surface area contributed by atoms with Crippen molar-refractivity contribution in [2.45, 2.75) is 76.3 Å². The number of fused-ring (bicyclic) bond motifs is 6. The van der Waals surface area contributed by atoms with E-state index in [2.05, 4.69) is 42.0 Å². The minimum atomic E-state index is 0.395. The van der Waals surface area contributed by atoms with E-state index in [1.807, 2.05) is 0 Å². The number of hydrogen-bond acceptors (Lipinski definition) is 2. The van der Waals surface area contributed by atoms with Crippen molar-refractivity contribution in [2.75, 3.05) is 20.1 Å². The summed E-state index contributed by atoms with van der Waals surface area (Å²) in [6.07, 6.45) is 9.19. The van der Waals surface area contributed by atoms with E-state index in [-0.39, 0.29) is 0 Å². The Balaban J connectivity index is 1.34. The Morgan fingerprint density at radius 3 is 2.76 bits per heavy atom. The van der Waals surface area contributed by atoms with Crippen molar-refractivity contribution in [1.82, 2.24) is 9.80 Å².